The quantitative estimate of drug-likeness (QED) is 0.297. The van der Waals surface area contributed by atoms with E-state index < -0.39 is 21.9 Å². The topological polar surface area (TPSA) is 116 Å². The van der Waals surface area contributed by atoms with Crippen LogP contribution in [0.3, 0.4) is 0 Å². The third-order valence-corrected chi connectivity index (χ3v) is 2.15. The minimum atomic E-state index is -4.13. The van der Waals surface area contributed by atoms with Crippen LogP contribution in [0.5, 0.6) is 0 Å². The molecule has 0 spiro atoms. The number of alkyl halides is 1. The molecule has 0 saturated carbocycles. The number of nitrogens with zero attached hydrogens (tertiary/aromatic N) is 2. The molecule has 0 rings (SSSR count). The van der Waals surface area contributed by atoms with Crippen LogP contribution in [0.25, 0.3) is 0 Å². The van der Waals surface area contributed by atoms with Gasteiger partial charge in [-0.3, -0.25) is 4.55 Å². The number of hydrogen-bond donors (Lipinski definition) is 2. The van der Waals surface area contributed by atoms with Gasteiger partial charge in [-0.1, -0.05) is 0 Å². The Balaban J connectivity index is 3.96. The second-order valence-corrected chi connectivity index (χ2v) is 4.36. The van der Waals surface area contributed by atoms with Crippen LogP contribution in [-0.2, 0) is 10.1 Å². The van der Waals surface area contributed by atoms with Crippen molar-refractivity contribution in [3.63, 3.8) is 0 Å². The van der Waals surface area contributed by atoms with Crippen LogP contribution in [0, 0.1) is 4.91 Å². The summed E-state index contributed by atoms with van der Waals surface area (Å²) < 4.78 is 28.9. The number of urea groups is 1. The standard InChI is InChI=1S/C5H10ClN3O5S/c6-1-3-9(8-11)5(10)7-2-4-15(12,13)14/h1-4H2,(H,7,10)(H,12,13,14). The smallest absolute Gasteiger partial charge is 0.335 e. The average Bonchev–Trinajstić information content (AvgIpc) is 2.11. The molecule has 15 heavy (non-hydrogen) atoms. The summed E-state index contributed by atoms with van der Waals surface area (Å²) in [6.45, 7) is -0.394. The van der Waals surface area contributed by atoms with Gasteiger partial charge in [0.15, 0.2) is 0 Å². The highest BCUT2D eigenvalue weighted by atomic mass is 35.5. The van der Waals surface area contributed by atoms with E-state index in [1.807, 2.05) is 0 Å². The van der Waals surface area contributed by atoms with Crippen LogP contribution in [0.15, 0.2) is 5.29 Å². The monoisotopic (exact) mass is 259 g/mol. The van der Waals surface area contributed by atoms with Crippen LogP contribution < -0.4 is 5.32 Å². The van der Waals surface area contributed by atoms with Gasteiger partial charge in [0.25, 0.3) is 10.1 Å². The second-order valence-electron chi connectivity index (χ2n) is 2.41. The maximum Gasteiger partial charge on any atom is 0.340 e. The molecule has 0 aliphatic carbocycles. The number of carbonyl (C=O) groups is 1. The number of halogens is 1. The van der Waals surface area contributed by atoms with E-state index in [1.54, 1.807) is 0 Å². The molecule has 0 aliphatic heterocycles. The summed E-state index contributed by atoms with van der Waals surface area (Å²) in [6.07, 6.45) is 0. The van der Waals surface area contributed by atoms with E-state index in [9.17, 15) is 18.1 Å². The first-order valence-corrected chi connectivity index (χ1v) is 5.95. The Morgan fingerprint density at radius 1 is 1.53 bits per heavy atom. The predicted octanol–water partition coefficient (Wildman–Crippen LogP) is -0.194. The van der Waals surface area contributed by atoms with Gasteiger partial charge in [0.1, 0.15) is 0 Å². The Morgan fingerprint density at radius 2 is 2.13 bits per heavy atom. The van der Waals surface area contributed by atoms with Gasteiger partial charge in [-0.05, 0) is 0 Å². The molecule has 0 fully saturated rings. The number of hydrogen-bond acceptors (Lipinski definition) is 5. The lowest BCUT2D eigenvalue weighted by atomic mass is 10.6. The Morgan fingerprint density at radius 3 is 2.53 bits per heavy atom. The van der Waals surface area contributed by atoms with Gasteiger partial charge in [0.2, 0.25) is 0 Å². The molecule has 0 bridgehead atoms. The highest BCUT2D eigenvalue weighted by molar-refractivity contribution is 7.85. The summed E-state index contributed by atoms with van der Waals surface area (Å²) in [5, 5.41) is 4.95. The summed E-state index contributed by atoms with van der Waals surface area (Å²) in [6, 6.07) is -0.866. The van der Waals surface area contributed by atoms with Crippen molar-refractivity contribution in [3.05, 3.63) is 4.91 Å². The molecule has 2 N–H and O–H groups in total. The van der Waals surface area contributed by atoms with E-state index in [-0.39, 0.29) is 19.0 Å². The zero-order valence-corrected chi connectivity index (χ0v) is 9.16. The van der Waals surface area contributed by atoms with Crippen molar-refractivity contribution < 1.29 is 17.8 Å². The maximum absolute atomic E-state index is 11.0. The van der Waals surface area contributed by atoms with Crippen LogP contribution in [0.4, 0.5) is 4.79 Å². The largest absolute Gasteiger partial charge is 0.340 e. The molecular weight excluding hydrogens is 250 g/mol. The molecule has 8 nitrogen and oxygen atoms in total. The highest BCUT2D eigenvalue weighted by Crippen LogP contribution is 1.91. The molecule has 0 aliphatic rings. The van der Waals surface area contributed by atoms with Crippen LogP contribution in [0.2, 0.25) is 0 Å². The molecule has 0 radical (unpaired) electrons. The number of carbonyl (C=O) groups excluding carboxylic acids is 1. The Kier molecular flexibility index (Phi) is 6.13. The van der Waals surface area contributed by atoms with Crippen molar-refractivity contribution in [1.29, 1.82) is 0 Å². The van der Waals surface area contributed by atoms with Gasteiger partial charge in [-0.25, -0.2) is 4.79 Å². The zero-order valence-electron chi connectivity index (χ0n) is 7.59. The summed E-state index contributed by atoms with van der Waals surface area (Å²) >= 11 is 5.27. The van der Waals surface area contributed by atoms with Gasteiger partial charge in [-0.2, -0.15) is 13.4 Å². The average molecular weight is 260 g/mol. The first kappa shape index (κ1) is 14.1. The minimum Gasteiger partial charge on any atom is -0.335 e. The molecule has 2 amide bonds. The van der Waals surface area contributed by atoms with Crippen LogP contribution in [0.1, 0.15) is 0 Å². The van der Waals surface area contributed by atoms with Gasteiger partial charge in [-0.15, -0.1) is 16.5 Å². The normalized spacial score (nSPS) is 10.8. The molecule has 0 unspecified atom stereocenters. The van der Waals surface area contributed by atoms with Crippen molar-refractivity contribution >= 4 is 27.8 Å². The van der Waals surface area contributed by atoms with Crippen molar-refractivity contribution in [1.82, 2.24) is 10.3 Å². The Bertz CT molecular complexity index is 319. The van der Waals surface area contributed by atoms with Crippen molar-refractivity contribution in [2.45, 2.75) is 0 Å². The molecule has 0 aromatic heterocycles. The number of nitroso groups, excluding NO2 is 1. The SMILES string of the molecule is O=NN(CCCl)C(=O)NCCS(=O)(=O)O. The van der Waals surface area contributed by atoms with Crippen molar-refractivity contribution in [2.24, 2.45) is 5.29 Å². The first-order chi connectivity index (χ1) is 6.90. The highest BCUT2D eigenvalue weighted by Gasteiger charge is 2.13. The number of amides is 2. The van der Waals surface area contributed by atoms with Crippen LogP contribution >= 0.6 is 11.6 Å². The molecule has 0 heterocycles. The minimum absolute atomic E-state index is 0.0253. The molecule has 0 saturated heterocycles. The fourth-order valence-electron chi connectivity index (χ4n) is 0.638. The van der Waals surface area contributed by atoms with Gasteiger partial charge in [0.05, 0.1) is 17.6 Å². The van der Waals surface area contributed by atoms with Gasteiger partial charge < -0.3 is 5.32 Å². The first-order valence-electron chi connectivity index (χ1n) is 3.80. The van der Waals surface area contributed by atoms with E-state index in [4.69, 9.17) is 16.2 Å². The Hall–Kier alpha value is -0.930. The van der Waals surface area contributed by atoms with Crippen molar-refractivity contribution in [2.75, 3.05) is 24.7 Å². The fourth-order valence-corrected chi connectivity index (χ4v) is 1.16. The fraction of sp³-hybridized carbons (Fsp3) is 0.800. The summed E-state index contributed by atoms with van der Waals surface area (Å²) in [5.41, 5.74) is 0. The van der Waals surface area contributed by atoms with Crippen molar-refractivity contribution in [3.8, 4) is 0 Å². The van der Waals surface area contributed by atoms with Gasteiger partial charge >= 0.3 is 6.03 Å². The lowest BCUT2D eigenvalue weighted by Gasteiger charge is -2.11. The molecule has 0 atom stereocenters. The molecule has 88 valence electrons. The second kappa shape index (κ2) is 6.53. The van der Waals surface area contributed by atoms with Crippen LogP contribution in [-0.4, -0.2) is 48.7 Å². The van der Waals surface area contributed by atoms with E-state index in [0.29, 0.717) is 5.01 Å². The maximum atomic E-state index is 11.0. The lowest BCUT2D eigenvalue weighted by molar-refractivity contribution is 0.203. The lowest BCUT2D eigenvalue weighted by Crippen LogP contribution is -2.39. The molecule has 0 aromatic rings. The van der Waals surface area contributed by atoms with Gasteiger partial charge in [0, 0.05) is 12.4 Å². The van der Waals surface area contributed by atoms with E-state index in [1.165, 1.54) is 0 Å². The molecule has 0 aromatic carbocycles. The van der Waals surface area contributed by atoms with E-state index in [0.717, 1.165) is 0 Å². The third kappa shape index (κ3) is 7.05. The summed E-state index contributed by atoms with van der Waals surface area (Å²) in [4.78, 5) is 21.1. The molecular formula is C5H10ClN3O5S. The predicted molar refractivity (Wildman–Crippen MR) is 53.0 cm³/mol. The zero-order chi connectivity index (χ0) is 11.9. The Labute approximate surface area is 91.3 Å². The van der Waals surface area contributed by atoms with E-state index >= 15 is 0 Å². The number of rotatable bonds is 6. The summed E-state index contributed by atoms with van der Waals surface area (Å²) in [7, 11) is -4.13. The third-order valence-electron chi connectivity index (χ3n) is 1.27. The number of nitrogens with one attached hydrogen (secondary N) is 1. The van der Waals surface area contributed by atoms with E-state index in [2.05, 4.69) is 10.6 Å². The molecule has 10 heteroatoms. The summed E-state index contributed by atoms with van der Waals surface area (Å²) in [5.74, 6) is -0.607.